The van der Waals surface area contributed by atoms with Crippen LogP contribution in [0.25, 0.3) is 11.1 Å². The molecule has 0 atom stereocenters. The van der Waals surface area contributed by atoms with E-state index in [4.69, 9.17) is 0 Å². The molecular weight excluding hydrogens is 302 g/mol. The van der Waals surface area contributed by atoms with Crippen LogP contribution >= 0.6 is 0 Å². The highest BCUT2D eigenvalue weighted by atomic mass is 16.2. The first-order chi connectivity index (χ1) is 11.6. The maximum atomic E-state index is 11.9. The van der Waals surface area contributed by atoms with Crippen molar-refractivity contribution < 1.29 is 0 Å². The molecule has 0 aliphatic heterocycles. The van der Waals surface area contributed by atoms with Crippen LogP contribution in [-0.2, 0) is 20.6 Å². The van der Waals surface area contributed by atoms with Crippen molar-refractivity contribution in [1.29, 1.82) is 0 Å². The standard InChI is InChI=1S/C19H19N3O2/c1-21-17(12-18(23)22(2)19(21)24)13-20-16-10-8-15(9-11-16)14-6-4-3-5-7-14/h3-12,20H,13H2,1-2H3. The van der Waals surface area contributed by atoms with Crippen LogP contribution in [0.4, 0.5) is 5.69 Å². The van der Waals surface area contributed by atoms with Crippen molar-refractivity contribution in [2.75, 3.05) is 5.32 Å². The molecular formula is C19H19N3O2. The van der Waals surface area contributed by atoms with Crippen LogP contribution in [0.5, 0.6) is 0 Å². The molecule has 0 aliphatic carbocycles. The minimum absolute atomic E-state index is 0.297. The summed E-state index contributed by atoms with van der Waals surface area (Å²) in [6, 6.07) is 19.7. The van der Waals surface area contributed by atoms with E-state index in [0.29, 0.717) is 12.2 Å². The van der Waals surface area contributed by atoms with Gasteiger partial charge < -0.3 is 5.32 Å². The lowest BCUT2D eigenvalue weighted by Crippen LogP contribution is -2.38. The van der Waals surface area contributed by atoms with Gasteiger partial charge in [0.05, 0.1) is 6.54 Å². The number of hydrogen-bond donors (Lipinski definition) is 1. The summed E-state index contributed by atoms with van der Waals surface area (Å²) in [4.78, 5) is 23.7. The van der Waals surface area contributed by atoms with Crippen molar-refractivity contribution in [3.63, 3.8) is 0 Å². The number of rotatable bonds is 4. The lowest BCUT2D eigenvalue weighted by Gasteiger charge is -2.12. The smallest absolute Gasteiger partial charge is 0.330 e. The quantitative estimate of drug-likeness (QED) is 0.802. The number of nitrogens with one attached hydrogen (secondary N) is 1. The molecule has 122 valence electrons. The van der Waals surface area contributed by atoms with Crippen LogP contribution in [-0.4, -0.2) is 9.13 Å². The molecule has 1 N–H and O–H groups in total. The lowest BCUT2D eigenvalue weighted by molar-refractivity contribution is 0.655. The van der Waals surface area contributed by atoms with Crippen molar-refractivity contribution in [2.45, 2.75) is 6.54 Å². The van der Waals surface area contributed by atoms with Gasteiger partial charge in [-0.3, -0.25) is 13.9 Å². The van der Waals surface area contributed by atoms with E-state index < -0.39 is 0 Å². The number of anilines is 1. The Hall–Kier alpha value is -3.08. The Labute approximate surface area is 139 Å². The fourth-order valence-corrected chi connectivity index (χ4v) is 2.55. The third-order valence-corrected chi connectivity index (χ3v) is 4.09. The third kappa shape index (κ3) is 3.15. The van der Waals surface area contributed by atoms with Gasteiger partial charge in [-0.15, -0.1) is 0 Å². The molecule has 1 heterocycles. The van der Waals surface area contributed by atoms with Crippen molar-refractivity contribution in [2.24, 2.45) is 14.1 Å². The monoisotopic (exact) mass is 321 g/mol. The highest BCUT2D eigenvalue weighted by Gasteiger charge is 2.05. The minimum atomic E-state index is -0.321. The average Bonchev–Trinajstić information content (AvgIpc) is 2.63. The van der Waals surface area contributed by atoms with Crippen LogP contribution in [0.2, 0.25) is 0 Å². The maximum Gasteiger partial charge on any atom is 0.330 e. The fourth-order valence-electron chi connectivity index (χ4n) is 2.55. The Morgan fingerprint density at radius 2 is 1.46 bits per heavy atom. The molecule has 0 saturated carbocycles. The molecule has 0 amide bonds. The second-order valence-corrected chi connectivity index (χ2v) is 5.67. The predicted molar refractivity (Wildman–Crippen MR) is 96.1 cm³/mol. The van der Waals surface area contributed by atoms with E-state index in [-0.39, 0.29) is 11.2 Å². The normalized spacial score (nSPS) is 10.6. The van der Waals surface area contributed by atoms with Crippen LogP contribution in [0, 0.1) is 0 Å². The van der Waals surface area contributed by atoms with Crippen LogP contribution in [0.1, 0.15) is 5.69 Å². The second kappa shape index (κ2) is 6.58. The van der Waals surface area contributed by atoms with Gasteiger partial charge in [0.15, 0.2) is 0 Å². The Morgan fingerprint density at radius 3 is 2.12 bits per heavy atom. The van der Waals surface area contributed by atoms with E-state index in [9.17, 15) is 9.59 Å². The molecule has 1 aromatic heterocycles. The maximum absolute atomic E-state index is 11.9. The molecule has 3 aromatic rings. The van der Waals surface area contributed by atoms with Gasteiger partial charge in [0.25, 0.3) is 5.56 Å². The van der Waals surface area contributed by atoms with Gasteiger partial charge in [-0.1, -0.05) is 42.5 Å². The average molecular weight is 321 g/mol. The van der Waals surface area contributed by atoms with Gasteiger partial charge in [0, 0.05) is 31.5 Å². The number of nitrogens with zero attached hydrogens (tertiary/aromatic N) is 2. The molecule has 0 radical (unpaired) electrons. The summed E-state index contributed by atoms with van der Waals surface area (Å²) in [5.74, 6) is 0. The molecule has 5 heteroatoms. The molecule has 0 aliphatic rings. The largest absolute Gasteiger partial charge is 0.379 e. The molecule has 24 heavy (non-hydrogen) atoms. The van der Waals surface area contributed by atoms with Gasteiger partial charge in [0.2, 0.25) is 0 Å². The van der Waals surface area contributed by atoms with Crippen LogP contribution in [0.3, 0.4) is 0 Å². The first-order valence-electron chi connectivity index (χ1n) is 7.71. The summed E-state index contributed by atoms with van der Waals surface area (Å²) in [5, 5.41) is 3.25. The second-order valence-electron chi connectivity index (χ2n) is 5.67. The molecule has 0 bridgehead atoms. The topological polar surface area (TPSA) is 56.0 Å². The zero-order chi connectivity index (χ0) is 17.1. The zero-order valence-corrected chi connectivity index (χ0v) is 13.7. The summed E-state index contributed by atoms with van der Waals surface area (Å²) in [6.07, 6.45) is 0. The molecule has 0 spiro atoms. The summed E-state index contributed by atoms with van der Waals surface area (Å²) in [7, 11) is 3.14. The Kier molecular flexibility index (Phi) is 4.33. The summed E-state index contributed by atoms with van der Waals surface area (Å²) in [5.41, 5.74) is 3.27. The van der Waals surface area contributed by atoms with E-state index in [2.05, 4.69) is 17.4 Å². The highest BCUT2D eigenvalue weighted by molar-refractivity contribution is 5.65. The molecule has 0 unspecified atom stereocenters. The van der Waals surface area contributed by atoms with Gasteiger partial charge >= 0.3 is 5.69 Å². The number of aromatic nitrogens is 2. The van der Waals surface area contributed by atoms with E-state index in [0.717, 1.165) is 21.4 Å². The summed E-state index contributed by atoms with van der Waals surface area (Å²) >= 11 is 0. The molecule has 0 fully saturated rings. The van der Waals surface area contributed by atoms with Crippen molar-refractivity contribution in [3.05, 3.63) is 87.2 Å². The predicted octanol–water partition coefficient (Wildman–Crippen LogP) is 2.36. The fraction of sp³-hybridized carbons (Fsp3) is 0.158. The van der Waals surface area contributed by atoms with Crippen molar-refractivity contribution in [3.8, 4) is 11.1 Å². The Bertz CT molecular complexity index is 955. The van der Waals surface area contributed by atoms with Gasteiger partial charge in [-0.2, -0.15) is 0 Å². The number of hydrogen-bond acceptors (Lipinski definition) is 3. The van der Waals surface area contributed by atoms with Crippen LogP contribution in [0.15, 0.2) is 70.3 Å². The highest BCUT2D eigenvalue weighted by Crippen LogP contribution is 2.21. The van der Waals surface area contributed by atoms with E-state index in [1.165, 1.54) is 17.7 Å². The van der Waals surface area contributed by atoms with Crippen LogP contribution < -0.4 is 16.6 Å². The molecule has 5 nitrogen and oxygen atoms in total. The minimum Gasteiger partial charge on any atom is -0.379 e. The van der Waals surface area contributed by atoms with Gasteiger partial charge in [-0.25, -0.2) is 4.79 Å². The van der Waals surface area contributed by atoms with Crippen molar-refractivity contribution >= 4 is 5.69 Å². The third-order valence-electron chi connectivity index (χ3n) is 4.09. The number of benzene rings is 2. The lowest BCUT2D eigenvalue weighted by atomic mass is 10.1. The SMILES string of the molecule is Cn1c(CNc2ccc(-c3ccccc3)cc2)cc(=O)n(C)c1=O. The summed E-state index contributed by atoms with van der Waals surface area (Å²) < 4.78 is 2.57. The molecule has 2 aromatic carbocycles. The summed E-state index contributed by atoms with van der Waals surface area (Å²) in [6.45, 7) is 0.409. The van der Waals surface area contributed by atoms with Crippen molar-refractivity contribution in [1.82, 2.24) is 9.13 Å². The first kappa shape index (κ1) is 15.8. The zero-order valence-electron chi connectivity index (χ0n) is 13.7. The first-order valence-corrected chi connectivity index (χ1v) is 7.71. The Balaban J connectivity index is 1.76. The van der Waals surface area contributed by atoms with Gasteiger partial charge in [-0.05, 0) is 23.3 Å². The van der Waals surface area contributed by atoms with E-state index in [1.54, 1.807) is 7.05 Å². The van der Waals surface area contributed by atoms with E-state index in [1.807, 2.05) is 42.5 Å². The Morgan fingerprint density at radius 1 is 0.833 bits per heavy atom. The van der Waals surface area contributed by atoms with Gasteiger partial charge in [0.1, 0.15) is 0 Å². The molecule has 0 saturated heterocycles. The molecule has 3 rings (SSSR count). The van der Waals surface area contributed by atoms with E-state index >= 15 is 0 Å².